The first kappa shape index (κ1) is 14.9. The number of hydrogen-bond acceptors (Lipinski definition) is 4. The van der Waals surface area contributed by atoms with Crippen LogP contribution in [0.4, 0.5) is 5.69 Å². The first-order chi connectivity index (χ1) is 8.95. The average molecular weight is 263 g/mol. The second-order valence-corrected chi connectivity index (χ2v) is 4.45. The quantitative estimate of drug-likeness (QED) is 0.590. The lowest BCUT2D eigenvalue weighted by Gasteiger charge is -2.23. The van der Waals surface area contributed by atoms with Crippen molar-refractivity contribution in [3.63, 3.8) is 0 Å². The van der Waals surface area contributed by atoms with Gasteiger partial charge in [0, 0.05) is 45.5 Å². The number of nitrogens with zero attached hydrogens (tertiary/aromatic N) is 3. The number of aromatic nitrogens is 1. The maximum Gasteiger partial charge on any atom is 0.272 e. The molecule has 0 unspecified atom stereocenters. The molecule has 104 valence electrons. The fourth-order valence-corrected chi connectivity index (χ4v) is 1.69. The molecule has 0 aromatic carbocycles. The number of carbonyl (C=O) groups excluding carboxylic acids is 1. The molecule has 0 bridgehead atoms. The number of nitrogens with one attached hydrogen (secondary N) is 1. The van der Waals surface area contributed by atoms with Crippen LogP contribution in [0.25, 0.3) is 0 Å². The van der Waals surface area contributed by atoms with Gasteiger partial charge in [-0.2, -0.15) is 0 Å². The van der Waals surface area contributed by atoms with Crippen molar-refractivity contribution in [2.45, 2.75) is 13.3 Å². The monoisotopic (exact) mass is 263 g/mol. The Morgan fingerprint density at radius 3 is 2.68 bits per heavy atom. The molecule has 1 rings (SSSR count). The second-order valence-electron chi connectivity index (χ2n) is 4.45. The van der Waals surface area contributed by atoms with Gasteiger partial charge in [-0.25, -0.2) is 0 Å². The van der Waals surface area contributed by atoms with Crippen molar-refractivity contribution in [3.05, 3.63) is 24.0 Å². The summed E-state index contributed by atoms with van der Waals surface area (Å²) in [4.78, 5) is 19.5. The molecule has 0 aliphatic rings. The number of carbonyl (C=O) groups is 1. The largest absolute Gasteiger partial charge is 0.388 e. The molecule has 1 amide bonds. The molecule has 1 heterocycles. The molecule has 3 N–H and O–H groups in total. The number of nitrogens with two attached hydrogens (primary N) is 1. The van der Waals surface area contributed by atoms with Gasteiger partial charge in [-0.05, 0) is 19.1 Å². The zero-order valence-corrected chi connectivity index (χ0v) is 11.7. The van der Waals surface area contributed by atoms with Gasteiger partial charge in [0.25, 0.3) is 5.91 Å². The minimum atomic E-state index is -0.121. The van der Waals surface area contributed by atoms with Gasteiger partial charge >= 0.3 is 0 Å². The fourth-order valence-electron chi connectivity index (χ4n) is 1.69. The van der Waals surface area contributed by atoms with E-state index in [-0.39, 0.29) is 11.7 Å². The van der Waals surface area contributed by atoms with Crippen LogP contribution in [0.1, 0.15) is 23.8 Å². The van der Waals surface area contributed by atoms with E-state index < -0.39 is 0 Å². The van der Waals surface area contributed by atoms with Crippen LogP contribution in [-0.2, 0) is 0 Å². The van der Waals surface area contributed by atoms with Gasteiger partial charge in [0.05, 0.1) is 5.84 Å². The van der Waals surface area contributed by atoms with Gasteiger partial charge in [0.1, 0.15) is 5.69 Å². The summed E-state index contributed by atoms with van der Waals surface area (Å²) in [6, 6.07) is 3.63. The van der Waals surface area contributed by atoms with E-state index in [2.05, 4.69) is 9.88 Å². The van der Waals surface area contributed by atoms with Crippen molar-refractivity contribution in [3.8, 4) is 0 Å². The van der Waals surface area contributed by atoms with E-state index in [1.165, 1.54) is 4.90 Å². The Hall–Kier alpha value is -2.11. The molecule has 6 heteroatoms. The van der Waals surface area contributed by atoms with Crippen molar-refractivity contribution < 1.29 is 4.79 Å². The molecule has 19 heavy (non-hydrogen) atoms. The standard InChI is InChI=1S/C13H21N5O/c1-4-18(8-6-12(14)15)10-5-7-16-11(9-10)13(19)17(2)3/h5,7,9H,4,6,8H2,1-3H3,(H3,14,15). The SMILES string of the molecule is CCN(CCC(=N)N)c1ccnc(C(=O)N(C)C)c1. The molecular formula is C13H21N5O. The minimum Gasteiger partial charge on any atom is -0.388 e. The lowest BCUT2D eigenvalue weighted by atomic mass is 10.2. The third-order valence-electron chi connectivity index (χ3n) is 2.77. The van der Waals surface area contributed by atoms with E-state index in [0.717, 1.165) is 12.2 Å². The molecule has 0 saturated heterocycles. The van der Waals surface area contributed by atoms with Crippen LogP contribution < -0.4 is 10.6 Å². The number of hydrogen-bond donors (Lipinski definition) is 2. The van der Waals surface area contributed by atoms with E-state index in [0.29, 0.717) is 18.7 Å². The number of amides is 1. The van der Waals surface area contributed by atoms with Crippen LogP contribution in [0.3, 0.4) is 0 Å². The topological polar surface area (TPSA) is 86.3 Å². The molecule has 1 aromatic rings. The summed E-state index contributed by atoms with van der Waals surface area (Å²) in [6.45, 7) is 3.46. The fraction of sp³-hybridized carbons (Fsp3) is 0.462. The molecule has 0 atom stereocenters. The Balaban J connectivity index is 2.89. The summed E-state index contributed by atoms with van der Waals surface area (Å²) < 4.78 is 0. The molecule has 0 aliphatic carbocycles. The molecule has 0 radical (unpaired) electrons. The molecule has 0 saturated carbocycles. The molecule has 0 aliphatic heterocycles. The molecule has 6 nitrogen and oxygen atoms in total. The van der Waals surface area contributed by atoms with Crippen LogP contribution in [0.2, 0.25) is 0 Å². The van der Waals surface area contributed by atoms with E-state index in [1.54, 1.807) is 26.4 Å². The number of pyridine rings is 1. The normalized spacial score (nSPS) is 10.1. The Morgan fingerprint density at radius 1 is 1.47 bits per heavy atom. The van der Waals surface area contributed by atoms with E-state index in [9.17, 15) is 4.79 Å². The summed E-state index contributed by atoms with van der Waals surface area (Å²) in [5.41, 5.74) is 6.72. The Bertz CT molecular complexity index is 458. The first-order valence-electron chi connectivity index (χ1n) is 6.21. The Labute approximate surface area is 113 Å². The van der Waals surface area contributed by atoms with E-state index in [4.69, 9.17) is 11.1 Å². The van der Waals surface area contributed by atoms with Gasteiger partial charge in [-0.3, -0.25) is 15.2 Å². The molecule has 0 fully saturated rings. The Kier molecular flexibility index (Phi) is 5.29. The highest BCUT2D eigenvalue weighted by Crippen LogP contribution is 2.15. The summed E-state index contributed by atoms with van der Waals surface area (Å²) in [5.74, 6) is 0.0431. The highest BCUT2D eigenvalue weighted by molar-refractivity contribution is 5.92. The lowest BCUT2D eigenvalue weighted by molar-refractivity contribution is 0.0822. The first-order valence-corrected chi connectivity index (χ1v) is 6.21. The van der Waals surface area contributed by atoms with Crippen molar-refractivity contribution in [2.75, 3.05) is 32.1 Å². The lowest BCUT2D eigenvalue weighted by Crippen LogP contribution is -2.28. The van der Waals surface area contributed by atoms with Crippen LogP contribution in [0, 0.1) is 5.41 Å². The van der Waals surface area contributed by atoms with Crippen LogP contribution in [0.15, 0.2) is 18.3 Å². The third-order valence-corrected chi connectivity index (χ3v) is 2.77. The molecular weight excluding hydrogens is 242 g/mol. The third kappa shape index (κ3) is 4.24. The summed E-state index contributed by atoms with van der Waals surface area (Å²) in [6.07, 6.45) is 2.13. The highest BCUT2D eigenvalue weighted by Gasteiger charge is 2.12. The minimum absolute atomic E-state index is 0.121. The highest BCUT2D eigenvalue weighted by atomic mass is 16.2. The van der Waals surface area contributed by atoms with Gasteiger partial charge < -0.3 is 15.5 Å². The average Bonchev–Trinajstić information content (AvgIpc) is 2.38. The van der Waals surface area contributed by atoms with E-state index >= 15 is 0 Å². The van der Waals surface area contributed by atoms with Crippen molar-refractivity contribution in [1.82, 2.24) is 9.88 Å². The summed E-state index contributed by atoms with van der Waals surface area (Å²) >= 11 is 0. The number of amidine groups is 1. The number of anilines is 1. The van der Waals surface area contributed by atoms with Crippen LogP contribution in [-0.4, -0.2) is 48.8 Å². The van der Waals surface area contributed by atoms with Crippen molar-refractivity contribution >= 4 is 17.4 Å². The second kappa shape index (κ2) is 6.72. The Morgan fingerprint density at radius 2 is 2.16 bits per heavy atom. The number of rotatable bonds is 6. The van der Waals surface area contributed by atoms with Crippen LogP contribution in [0.5, 0.6) is 0 Å². The maximum atomic E-state index is 11.9. The van der Waals surface area contributed by atoms with Crippen molar-refractivity contribution in [2.24, 2.45) is 5.73 Å². The molecule has 1 aromatic heterocycles. The predicted octanol–water partition coefficient (Wildman–Crippen LogP) is 0.936. The van der Waals surface area contributed by atoms with E-state index in [1.807, 2.05) is 13.0 Å². The zero-order chi connectivity index (χ0) is 14.4. The van der Waals surface area contributed by atoms with Gasteiger partial charge in [0.15, 0.2) is 0 Å². The zero-order valence-electron chi connectivity index (χ0n) is 11.7. The summed E-state index contributed by atoms with van der Waals surface area (Å²) in [7, 11) is 3.40. The van der Waals surface area contributed by atoms with Crippen LogP contribution >= 0.6 is 0 Å². The van der Waals surface area contributed by atoms with Gasteiger partial charge in [-0.15, -0.1) is 0 Å². The predicted molar refractivity (Wildman–Crippen MR) is 76.7 cm³/mol. The maximum absolute atomic E-state index is 11.9. The van der Waals surface area contributed by atoms with Gasteiger partial charge in [-0.1, -0.05) is 0 Å². The smallest absolute Gasteiger partial charge is 0.272 e. The molecule has 0 spiro atoms. The summed E-state index contributed by atoms with van der Waals surface area (Å²) in [5, 5.41) is 7.27. The van der Waals surface area contributed by atoms with Gasteiger partial charge in [0.2, 0.25) is 0 Å². The van der Waals surface area contributed by atoms with Crippen molar-refractivity contribution in [1.29, 1.82) is 5.41 Å².